The summed E-state index contributed by atoms with van der Waals surface area (Å²) in [5, 5.41) is 30.6. The highest BCUT2D eigenvalue weighted by Gasteiger charge is 2.56. The number of anilines is 2. The molecule has 8 aromatic carbocycles. The summed E-state index contributed by atoms with van der Waals surface area (Å²) in [6.45, 7) is 11.1. The van der Waals surface area contributed by atoms with Crippen molar-refractivity contribution in [3.63, 3.8) is 0 Å². The second kappa shape index (κ2) is 25.9. The van der Waals surface area contributed by atoms with Crippen LogP contribution in [-0.4, -0.2) is 57.6 Å². The Bertz CT molecular complexity index is 4240. The summed E-state index contributed by atoms with van der Waals surface area (Å²) in [7, 11) is 4.05. The lowest BCUT2D eigenvalue weighted by Crippen LogP contribution is -3.00. The SMILES string of the molecule is C[N+]1=C(C=CC=C2N(CC(C)(C)CN3C(=CC=CC4=[N+](C)c5c([N+](=O)[O-])cc(Br)cc5C45CCCCC5)C(C)(Cc4ccccc4)c4c3ccc3ccccc43)c3ccc4ccccc4c3C2(C)Cc2ccccc2)C2(CCCCC2)c2cc(Br)cc([N+](=O)[O-])c21.[I-].[I-]. The Balaban J connectivity index is 0.00000416. The third kappa shape index (κ3) is 11.3. The third-order valence-electron chi connectivity index (χ3n) is 21.5. The van der Waals surface area contributed by atoms with Gasteiger partial charge >= 0.3 is 11.4 Å². The van der Waals surface area contributed by atoms with Crippen LogP contribution >= 0.6 is 31.9 Å². The van der Waals surface area contributed by atoms with Gasteiger partial charge in [0, 0.05) is 96.5 Å². The summed E-state index contributed by atoms with van der Waals surface area (Å²) < 4.78 is 5.71. The number of nitro groups is 2. The van der Waals surface area contributed by atoms with Crippen LogP contribution in [0.15, 0.2) is 215 Å². The minimum atomic E-state index is -0.487. The smallest absolute Gasteiger partial charge is 0.341 e. The van der Waals surface area contributed by atoms with E-state index >= 15 is 0 Å². The molecule has 14 heteroatoms. The highest BCUT2D eigenvalue weighted by Crippen LogP contribution is 2.58. The van der Waals surface area contributed by atoms with Crippen molar-refractivity contribution in [3.05, 3.63) is 268 Å². The average Bonchev–Trinajstić information content (AvgIpc) is 1.59. The van der Waals surface area contributed by atoms with E-state index in [0.29, 0.717) is 24.5 Å². The molecule has 2 atom stereocenters. The van der Waals surface area contributed by atoms with Crippen LogP contribution in [0.4, 0.5) is 34.1 Å². The highest BCUT2D eigenvalue weighted by molar-refractivity contribution is 9.10. The number of nitro benzene ring substituents is 2. The van der Waals surface area contributed by atoms with E-state index in [-0.39, 0.29) is 85.4 Å². The van der Waals surface area contributed by atoms with Gasteiger partial charge in [0.1, 0.15) is 14.1 Å². The second-order valence-corrected chi connectivity index (χ2v) is 29.7. The summed E-state index contributed by atoms with van der Waals surface area (Å²) in [6.07, 6.45) is 25.6. The van der Waals surface area contributed by atoms with Gasteiger partial charge in [0.15, 0.2) is 11.4 Å². The molecule has 2 spiro atoms. The first-order chi connectivity index (χ1) is 43.9. The Labute approximate surface area is 597 Å². The highest BCUT2D eigenvalue weighted by atomic mass is 127. The number of benzene rings is 8. The van der Waals surface area contributed by atoms with Gasteiger partial charge in [-0.25, -0.2) is 0 Å². The minimum absolute atomic E-state index is 0. The molecular formula is C79H78Br2I2N6O4. The zero-order valence-electron chi connectivity index (χ0n) is 53.7. The van der Waals surface area contributed by atoms with E-state index in [2.05, 4.69) is 261 Å². The summed E-state index contributed by atoms with van der Waals surface area (Å²) in [6, 6.07) is 56.5. The van der Waals surface area contributed by atoms with E-state index in [1.807, 2.05) is 14.1 Å². The molecule has 0 aromatic heterocycles. The average molecular weight is 1590 g/mol. The predicted octanol–water partition coefficient (Wildman–Crippen LogP) is 13.9. The van der Waals surface area contributed by atoms with E-state index < -0.39 is 10.8 Å². The standard InChI is InChI=1S/C79H78Br2N6O4.2HI/c1-75(2,51-84-63-39-37-55-29-15-17-31-59(55)71(63)76(3,49-53-25-11-7-12-26-53)67(84)33-23-35-69-78(41-19-9-20-42-78)61-45-57(80)47-65(86(88)89)73(61)82(69)5)52-85-64-40-38-56-30-16-18-32-60(56)72(64)77(4,50-54-27-13-8-14-28-54)68(85)34-24-36-70-79(43-21-10-22-44-79)62-46-58(81)48-66(87(90)91)74(62)83(70)6;;/h7-8,11-18,23-40,45-48H,9-10,19-22,41-44,49-52H2,1-6H3;2*1H/q+2;;/p-2. The zero-order valence-corrected chi connectivity index (χ0v) is 61.2. The van der Waals surface area contributed by atoms with Gasteiger partial charge in [-0.15, -0.1) is 0 Å². The van der Waals surface area contributed by atoms with E-state index in [4.69, 9.17) is 0 Å². The van der Waals surface area contributed by atoms with E-state index in [9.17, 15) is 20.2 Å². The maximum Gasteiger partial charge on any atom is 0.341 e. The van der Waals surface area contributed by atoms with E-state index in [1.54, 1.807) is 12.1 Å². The predicted molar refractivity (Wildman–Crippen MR) is 379 cm³/mol. The van der Waals surface area contributed by atoms with Crippen LogP contribution in [0.1, 0.15) is 125 Å². The number of fused-ring (bicyclic) bond motifs is 10. The number of hydrogen-bond acceptors (Lipinski definition) is 6. The van der Waals surface area contributed by atoms with Crippen molar-refractivity contribution in [2.45, 2.75) is 126 Å². The largest absolute Gasteiger partial charge is 1.00 e. The van der Waals surface area contributed by atoms with Gasteiger partial charge in [0.2, 0.25) is 0 Å². The Hall–Kier alpha value is -6.60. The molecule has 2 aliphatic carbocycles. The van der Waals surface area contributed by atoms with Crippen molar-refractivity contribution in [1.82, 2.24) is 0 Å². The summed E-state index contributed by atoms with van der Waals surface area (Å²) >= 11 is 7.39. The summed E-state index contributed by atoms with van der Waals surface area (Å²) in [5.41, 5.74) is 13.9. The molecule has 4 aliphatic heterocycles. The fourth-order valence-electron chi connectivity index (χ4n) is 17.8. The lowest BCUT2D eigenvalue weighted by molar-refractivity contribution is -0.431. The molecule has 2 saturated carbocycles. The third-order valence-corrected chi connectivity index (χ3v) is 22.4. The van der Waals surface area contributed by atoms with Crippen LogP contribution in [0.3, 0.4) is 0 Å². The normalized spacial score (nSPS) is 21.2. The van der Waals surface area contributed by atoms with Gasteiger partial charge in [-0.2, -0.15) is 9.15 Å². The molecule has 8 aromatic rings. The molecule has 0 radical (unpaired) electrons. The number of nitrogens with zero attached hydrogens (tertiary/aromatic N) is 6. The second-order valence-electron chi connectivity index (χ2n) is 27.8. The van der Waals surface area contributed by atoms with E-state index in [1.165, 1.54) is 66.6 Å². The number of halogens is 4. The summed E-state index contributed by atoms with van der Waals surface area (Å²) in [5.74, 6) is 0. The van der Waals surface area contributed by atoms with Crippen LogP contribution in [0.2, 0.25) is 0 Å². The molecule has 6 aliphatic rings. The fourth-order valence-corrected chi connectivity index (χ4v) is 18.7. The quantitative estimate of drug-likeness (QED) is 0.0465. The monoisotopic (exact) mass is 1590 g/mol. The van der Waals surface area contributed by atoms with Gasteiger partial charge in [0.05, 0.1) is 20.7 Å². The molecule has 2 unspecified atom stereocenters. The van der Waals surface area contributed by atoms with Gasteiger partial charge in [-0.05, 0) is 133 Å². The first kappa shape index (κ1) is 66.4. The van der Waals surface area contributed by atoms with Crippen molar-refractivity contribution in [1.29, 1.82) is 0 Å². The van der Waals surface area contributed by atoms with Crippen LogP contribution in [0.25, 0.3) is 21.5 Å². The van der Waals surface area contributed by atoms with Crippen molar-refractivity contribution < 1.29 is 67.0 Å². The van der Waals surface area contributed by atoms with Crippen molar-refractivity contribution in [3.8, 4) is 0 Å². The number of rotatable bonds is 14. The molecule has 0 amide bonds. The maximum absolute atomic E-state index is 12.9. The molecular weight excluding hydrogens is 1510 g/mol. The first-order valence-electron chi connectivity index (χ1n) is 32.5. The van der Waals surface area contributed by atoms with Crippen molar-refractivity contribution in [2.75, 3.05) is 37.0 Å². The maximum atomic E-state index is 12.9. The molecule has 0 bridgehead atoms. The first-order valence-corrected chi connectivity index (χ1v) is 34.1. The molecule has 0 N–H and O–H groups in total. The Kier molecular flexibility index (Phi) is 18.5. The van der Waals surface area contributed by atoms with Gasteiger partial charge in [-0.1, -0.05) is 218 Å². The lowest BCUT2D eigenvalue weighted by atomic mass is 9.67. The molecule has 14 rings (SSSR count). The van der Waals surface area contributed by atoms with E-state index in [0.717, 1.165) is 109 Å². The molecule has 476 valence electrons. The van der Waals surface area contributed by atoms with Gasteiger partial charge in [-0.3, -0.25) is 20.2 Å². The van der Waals surface area contributed by atoms with Crippen LogP contribution in [0.5, 0.6) is 0 Å². The van der Waals surface area contributed by atoms with Crippen LogP contribution in [-0.2, 0) is 34.5 Å². The van der Waals surface area contributed by atoms with Crippen molar-refractivity contribution >= 4 is 99.0 Å². The molecule has 4 heterocycles. The molecule has 0 saturated heterocycles. The summed E-state index contributed by atoms with van der Waals surface area (Å²) in [4.78, 5) is 30.5. The zero-order chi connectivity index (χ0) is 63.2. The lowest BCUT2D eigenvalue weighted by Gasteiger charge is -2.39. The minimum Gasteiger partial charge on any atom is -1.00 e. The Morgan fingerprint density at radius 1 is 0.516 bits per heavy atom. The number of allylic oxidation sites excluding steroid dienone is 8. The molecule has 93 heavy (non-hydrogen) atoms. The Morgan fingerprint density at radius 2 is 0.882 bits per heavy atom. The number of hydrogen-bond donors (Lipinski definition) is 0. The van der Waals surface area contributed by atoms with Gasteiger partial charge < -0.3 is 57.8 Å². The topological polar surface area (TPSA) is 98.8 Å². The molecule has 10 nitrogen and oxygen atoms in total. The Morgan fingerprint density at radius 3 is 1.26 bits per heavy atom. The van der Waals surface area contributed by atoms with Crippen LogP contribution < -0.4 is 57.8 Å². The van der Waals surface area contributed by atoms with Crippen molar-refractivity contribution in [2.24, 2.45) is 5.41 Å². The van der Waals surface area contributed by atoms with Gasteiger partial charge in [0.25, 0.3) is 11.4 Å². The molecule has 2 fully saturated rings. The van der Waals surface area contributed by atoms with Crippen LogP contribution in [0, 0.1) is 25.6 Å². The fraction of sp³-hybridized carbons (Fsp3) is 0.316.